The van der Waals surface area contributed by atoms with Gasteiger partial charge in [0.25, 0.3) is 11.6 Å². The highest BCUT2D eigenvalue weighted by molar-refractivity contribution is 6.34. The molecule has 0 aliphatic heterocycles. The van der Waals surface area contributed by atoms with Gasteiger partial charge in [0.2, 0.25) is 0 Å². The first kappa shape index (κ1) is 17.2. The van der Waals surface area contributed by atoms with E-state index >= 15 is 0 Å². The molecule has 21 heavy (non-hydrogen) atoms. The molecule has 1 aromatic rings. The number of hydrogen-bond acceptors (Lipinski definition) is 5. The van der Waals surface area contributed by atoms with Gasteiger partial charge in [0.1, 0.15) is 0 Å². The van der Waals surface area contributed by atoms with E-state index in [0.29, 0.717) is 13.2 Å². The fourth-order valence-corrected chi connectivity index (χ4v) is 2.24. The first-order valence-corrected chi connectivity index (χ1v) is 6.74. The number of methoxy groups -OCH3 is 1. The predicted molar refractivity (Wildman–Crippen MR) is 80.6 cm³/mol. The number of amides is 1. The number of nitrogens with two attached hydrogens (primary N) is 1. The largest absolute Gasteiger partial charge is 0.397 e. The van der Waals surface area contributed by atoms with Gasteiger partial charge in [-0.1, -0.05) is 11.6 Å². The fourth-order valence-electron chi connectivity index (χ4n) is 2.03. The molecule has 0 saturated heterocycles. The zero-order chi connectivity index (χ0) is 16.2. The van der Waals surface area contributed by atoms with Crippen molar-refractivity contribution in [1.29, 1.82) is 0 Å². The zero-order valence-electron chi connectivity index (χ0n) is 12.1. The number of nitrogen functional groups attached to an aromatic ring is 1. The van der Waals surface area contributed by atoms with Gasteiger partial charge in [-0.05, 0) is 13.8 Å². The Morgan fingerprint density at radius 3 is 2.67 bits per heavy atom. The lowest BCUT2D eigenvalue weighted by molar-refractivity contribution is -0.384. The summed E-state index contributed by atoms with van der Waals surface area (Å²) in [4.78, 5) is 24.3. The van der Waals surface area contributed by atoms with Gasteiger partial charge in [0, 0.05) is 25.8 Å². The van der Waals surface area contributed by atoms with E-state index < -0.39 is 10.8 Å². The van der Waals surface area contributed by atoms with Gasteiger partial charge in [0.05, 0.1) is 33.8 Å². The van der Waals surface area contributed by atoms with Crippen molar-refractivity contribution in [3.05, 3.63) is 32.8 Å². The van der Waals surface area contributed by atoms with E-state index in [9.17, 15) is 14.9 Å². The second-order valence-electron chi connectivity index (χ2n) is 4.54. The number of ether oxygens (including phenoxy) is 1. The van der Waals surface area contributed by atoms with Gasteiger partial charge < -0.3 is 15.4 Å². The van der Waals surface area contributed by atoms with Crippen LogP contribution < -0.4 is 5.73 Å². The Balaban J connectivity index is 3.24. The second-order valence-corrected chi connectivity index (χ2v) is 4.95. The van der Waals surface area contributed by atoms with E-state index in [0.717, 1.165) is 12.1 Å². The maximum Gasteiger partial charge on any atom is 0.271 e. The quantitative estimate of drug-likeness (QED) is 0.493. The normalized spacial score (nSPS) is 12.0. The Labute approximate surface area is 127 Å². The van der Waals surface area contributed by atoms with E-state index in [1.54, 1.807) is 6.92 Å². The Bertz CT molecular complexity index is 550. The summed E-state index contributed by atoms with van der Waals surface area (Å²) in [7, 11) is 1.54. The summed E-state index contributed by atoms with van der Waals surface area (Å²) in [6.07, 6.45) is 0. The second kappa shape index (κ2) is 7.24. The highest BCUT2D eigenvalue weighted by Gasteiger charge is 2.25. The van der Waals surface area contributed by atoms with Crippen LogP contribution in [-0.4, -0.2) is 42.0 Å². The highest BCUT2D eigenvalue weighted by Crippen LogP contribution is 2.30. The lowest BCUT2D eigenvalue weighted by atomic mass is 10.1. The molecule has 0 radical (unpaired) electrons. The van der Waals surface area contributed by atoms with Crippen LogP contribution in [0.3, 0.4) is 0 Å². The fraction of sp³-hybridized carbons (Fsp3) is 0.462. The molecule has 0 aromatic heterocycles. The summed E-state index contributed by atoms with van der Waals surface area (Å²) in [5.41, 5.74) is 5.58. The lowest BCUT2D eigenvalue weighted by Gasteiger charge is -2.28. The van der Waals surface area contributed by atoms with Gasteiger partial charge in [-0.25, -0.2) is 0 Å². The van der Waals surface area contributed by atoms with Crippen LogP contribution >= 0.6 is 11.6 Å². The first-order valence-electron chi connectivity index (χ1n) is 6.36. The van der Waals surface area contributed by atoms with Crippen LogP contribution in [0.1, 0.15) is 24.2 Å². The van der Waals surface area contributed by atoms with Crippen molar-refractivity contribution < 1.29 is 14.5 Å². The van der Waals surface area contributed by atoms with Crippen LogP contribution in [0, 0.1) is 10.1 Å². The number of halogens is 1. The summed E-state index contributed by atoms with van der Waals surface area (Å²) in [5, 5.41) is 10.9. The standard InChI is InChI=1S/C13H18ClN3O4/c1-4-16(8(2)7-21-3)13(18)10-5-9(17(19)20)6-11(14)12(10)15/h5-6,8H,4,7,15H2,1-3H3. The molecule has 1 unspecified atom stereocenters. The molecule has 8 heteroatoms. The third-order valence-electron chi connectivity index (χ3n) is 3.10. The summed E-state index contributed by atoms with van der Waals surface area (Å²) >= 11 is 5.87. The van der Waals surface area contributed by atoms with Crippen molar-refractivity contribution in [1.82, 2.24) is 4.90 Å². The molecule has 2 N–H and O–H groups in total. The Kier molecular flexibility index (Phi) is 5.92. The Morgan fingerprint density at radius 2 is 2.19 bits per heavy atom. The van der Waals surface area contributed by atoms with Gasteiger partial charge in [-0.3, -0.25) is 14.9 Å². The summed E-state index contributed by atoms with van der Waals surface area (Å²) in [5.74, 6) is -0.412. The highest BCUT2D eigenvalue weighted by atomic mass is 35.5. The molecular formula is C13H18ClN3O4. The van der Waals surface area contributed by atoms with Crippen LogP contribution in [0.4, 0.5) is 11.4 Å². The first-order chi connectivity index (χ1) is 9.83. The van der Waals surface area contributed by atoms with Crippen molar-refractivity contribution in [3.63, 3.8) is 0 Å². The molecule has 0 aliphatic rings. The average molecular weight is 316 g/mol. The van der Waals surface area contributed by atoms with Gasteiger partial charge >= 0.3 is 0 Å². The number of rotatable bonds is 6. The van der Waals surface area contributed by atoms with E-state index in [4.69, 9.17) is 22.1 Å². The minimum absolute atomic E-state index is 0.0111. The maximum atomic E-state index is 12.5. The predicted octanol–water partition coefficient (Wildman–Crippen LogP) is 2.33. The van der Waals surface area contributed by atoms with Crippen molar-refractivity contribution >= 4 is 28.9 Å². The molecule has 0 fully saturated rings. The monoisotopic (exact) mass is 315 g/mol. The van der Waals surface area contributed by atoms with Crippen LogP contribution in [0.25, 0.3) is 0 Å². The van der Waals surface area contributed by atoms with E-state index in [1.807, 2.05) is 6.92 Å². The Hall–Kier alpha value is -1.86. The van der Waals surface area contributed by atoms with Crippen LogP contribution in [0.2, 0.25) is 5.02 Å². The van der Waals surface area contributed by atoms with Gasteiger partial charge in [-0.2, -0.15) is 0 Å². The van der Waals surface area contributed by atoms with Gasteiger partial charge in [-0.15, -0.1) is 0 Å². The summed E-state index contributed by atoms with van der Waals surface area (Å²) in [6, 6.07) is 2.08. The SMILES string of the molecule is CCN(C(=O)c1cc([N+](=O)[O-])cc(Cl)c1N)C(C)COC. The number of carbonyl (C=O) groups excluding carboxylic acids is 1. The molecule has 7 nitrogen and oxygen atoms in total. The van der Waals surface area contributed by atoms with E-state index in [2.05, 4.69) is 0 Å². The number of non-ortho nitro benzene ring substituents is 1. The molecule has 116 valence electrons. The molecule has 1 amide bonds. The zero-order valence-corrected chi connectivity index (χ0v) is 12.9. The third kappa shape index (κ3) is 3.83. The minimum Gasteiger partial charge on any atom is -0.397 e. The van der Waals surface area contributed by atoms with Crippen molar-refractivity contribution in [2.45, 2.75) is 19.9 Å². The number of hydrogen-bond donors (Lipinski definition) is 1. The molecular weight excluding hydrogens is 298 g/mol. The number of benzene rings is 1. The molecule has 0 spiro atoms. The molecule has 0 saturated carbocycles. The number of nitrogens with zero attached hydrogens (tertiary/aromatic N) is 2. The number of anilines is 1. The molecule has 0 heterocycles. The number of likely N-dealkylation sites (N-methyl/N-ethyl adjacent to an activating group) is 1. The average Bonchev–Trinajstić information content (AvgIpc) is 2.42. The number of carbonyl (C=O) groups is 1. The van der Waals surface area contributed by atoms with Crippen molar-refractivity contribution in [2.75, 3.05) is 26.0 Å². The topological polar surface area (TPSA) is 98.7 Å². The number of nitro groups is 1. The summed E-state index contributed by atoms with van der Waals surface area (Å²) in [6.45, 7) is 4.39. The third-order valence-corrected chi connectivity index (χ3v) is 3.41. The van der Waals surface area contributed by atoms with E-state index in [-0.39, 0.29) is 28.0 Å². The molecule has 1 atom stereocenters. The van der Waals surface area contributed by atoms with Crippen LogP contribution in [0.5, 0.6) is 0 Å². The molecule has 0 aliphatic carbocycles. The number of nitro benzene ring substituents is 1. The smallest absolute Gasteiger partial charge is 0.271 e. The van der Waals surface area contributed by atoms with Crippen molar-refractivity contribution in [2.24, 2.45) is 0 Å². The molecule has 0 bridgehead atoms. The van der Waals surface area contributed by atoms with Gasteiger partial charge in [0.15, 0.2) is 0 Å². The van der Waals surface area contributed by atoms with E-state index in [1.165, 1.54) is 12.0 Å². The summed E-state index contributed by atoms with van der Waals surface area (Å²) < 4.78 is 5.03. The molecule has 1 rings (SSSR count). The van der Waals surface area contributed by atoms with Crippen LogP contribution in [-0.2, 0) is 4.74 Å². The Morgan fingerprint density at radius 1 is 1.57 bits per heavy atom. The lowest BCUT2D eigenvalue weighted by Crippen LogP contribution is -2.41. The maximum absolute atomic E-state index is 12.5. The van der Waals surface area contributed by atoms with Crippen molar-refractivity contribution in [3.8, 4) is 0 Å². The molecule has 1 aromatic carbocycles. The minimum atomic E-state index is -0.614. The van der Waals surface area contributed by atoms with Crippen LogP contribution in [0.15, 0.2) is 12.1 Å².